The van der Waals surface area contributed by atoms with E-state index in [2.05, 4.69) is 10.5 Å². The van der Waals surface area contributed by atoms with E-state index in [0.717, 1.165) is 11.1 Å². The quantitative estimate of drug-likeness (QED) is 0.0340. The van der Waals surface area contributed by atoms with Crippen LogP contribution in [0.25, 0.3) is 0 Å². The molecule has 4 aromatic carbocycles. The van der Waals surface area contributed by atoms with Crippen LogP contribution < -0.4 is 15.0 Å². The van der Waals surface area contributed by atoms with Gasteiger partial charge in [0.2, 0.25) is 0 Å². The highest BCUT2D eigenvalue weighted by Gasteiger charge is 2.46. The number of hydrogen-bond donors (Lipinski definition) is 4. The molecule has 0 atom stereocenters. The van der Waals surface area contributed by atoms with Gasteiger partial charge in [0.05, 0.1) is 16.7 Å². The summed E-state index contributed by atoms with van der Waals surface area (Å²) in [5, 5.41) is 36.6. The van der Waals surface area contributed by atoms with Crippen molar-refractivity contribution in [1.82, 2.24) is 9.80 Å². The second-order valence-corrected chi connectivity index (χ2v) is 13.3. The number of nitrogens with one attached hydrogen (secondary N) is 1. The number of phenolic OH excluding ortho intramolecular Hbond substituents is 2. The maximum atomic E-state index is 12.3. The first-order valence-electron chi connectivity index (χ1n) is 18.2. The van der Waals surface area contributed by atoms with E-state index < -0.39 is 16.5 Å². The lowest BCUT2D eigenvalue weighted by Gasteiger charge is -2.39. The summed E-state index contributed by atoms with van der Waals surface area (Å²) in [5.74, 6) is -1.10. The first-order valence-corrected chi connectivity index (χ1v) is 18.2. The summed E-state index contributed by atoms with van der Waals surface area (Å²) >= 11 is 0. The van der Waals surface area contributed by atoms with Gasteiger partial charge in [0.1, 0.15) is 13.2 Å². The number of nitro benzene ring substituents is 1. The Balaban J connectivity index is 0.000000181. The second kappa shape index (κ2) is 20.2. The number of carbonyl (C=O) groups excluding carboxylic acids is 2. The number of phenols is 2. The molecule has 3 heterocycles. The average molecular weight is 807 g/mol. The number of carbonyl (C=O) groups is 2. The van der Waals surface area contributed by atoms with E-state index in [4.69, 9.17) is 43.9 Å². The van der Waals surface area contributed by atoms with Gasteiger partial charge in [-0.1, -0.05) is 60.7 Å². The molecule has 1 spiro atoms. The zero-order valence-electron chi connectivity index (χ0n) is 32.0. The van der Waals surface area contributed by atoms with Gasteiger partial charge in [-0.3, -0.25) is 10.1 Å². The van der Waals surface area contributed by atoms with E-state index >= 15 is 0 Å². The minimum absolute atomic E-state index is 0.0451. The van der Waals surface area contributed by atoms with Crippen molar-refractivity contribution in [3.63, 3.8) is 0 Å². The Bertz CT molecular complexity index is 1950. The molecule has 18 heteroatoms. The van der Waals surface area contributed by atoms with E-state index in [1.165, 1.54) is 30.3 Å². The molecule has 4 N–H and O–H groups in total. The van der Waals surface area contributed by atoms with Gasteiger partial charge in [0.25, 0.3) is 11.5 Å². The lowest BCUT2D eigenvalue weighted by Crippen LogP contribution is -2.51. The summed E-state index contributed by atoms with van der Waals surface area (Å²) in [6, 6.07) is 27.3. The van der Waals surface area contributed by atoms with Gasteiger partial charge >= 0.3 is 12.2 Å². The third kappa shape index (κ3) is 11.6. The highest BCUT2D eigenvalue weighted by molar-refractivity contribution is 5.68. The fourth-order valence-electron chi connectivity index (χ4n) is 6.21. The molecule has 7 rings (SSSR count). The lowest BCUT2D eigenvalue weighted by atomic mass is 10.0. The first kappa shape index (κ1) is 42.8. The number of methoxy groups -OCH3 is 2. The SMILES string of the molecule is COC1(OC)CCN(C(=O)OCc2ccccc2)CC1.O=C(OCc1ccccc1)N1CCC2(CC1)Oc1ccc([N+](=O)[O-])cc1O2.OONc1ccc(O)c(O)c1. The largest absolute Gasteiger partial charge is 0.504 e. The number of rotatable bonds is 9. The maximum Gasteiger partial charge on any atom is 0.410 e. The Morgan fingerprint density at radius 1 is 0.724 bits per heavy atom. The zero-order chi connectivity index (χ0) is 41.5. The van der Waals surface area contributed by atoms with E-state index in [1.807, 2.05) is 60.7 Å². The molecule has 3 aliphatic rings. The van der Waals surface area contributed by atoms with Crippen molar-refractivity contribution >= 4 is 23.6 Å². The number of nitrogens with zero attached hydrogens (tertiary/aromatic N) is 3. The van der Waals surface area contributed by atoms with Crippen LogP contribution in [0.1, 0.15) is 36.8 Å². The van der Waals surface area contributed by atoms with E-state index in [9.17, 15) is 19.7 Å². The Labute approximate surface area is 334 Å². The molecule has 0 radical (unpaired) electrons. The Morgan fingerprint density at radius 2 is 1.24 bits per heavy atom. The van der Waals surface area contributed by atoms with Gasteiger partial charge < -0.3 is 48.4 Å². The first-order chi connectivity index (χ1) is 28.0. The molecule has 310 valence electrons. The van der Waals surface area contributed by atoms with Crippen LogP contribution in [0.3, 0.4) is 0 Å². The highest BCUT2D eigenvalue weighted by atomic mass is 17.2. The van der Waals surface area contributed by atoms with Crippen LogP contribution in [0.4, 0.5) is 21.0 Å². The average Bonchev–Trinajstić information content (AvgIpc) is 3.61. The summed E-state index contributed by atoms with van der Waals surface area (Å²) in [7, 11) is 3.26. The standard InChI is InChI=1S/C19H18N2O6.C15H21NO4.C6H7NO4/c22-18(25-13-14-4-2-1-3-5-14)20-10-8-19(9-11-20)26-16-7-6-15(21(23)24)12-17(16)27-19;1-18-15(19-2)8-10-16(11-9-15)14(17)20-12-13-6-4-3-5-7-13;8-5-2-1-4(7-11-10)3-6(5)9/h1-7,12H,8-11,13H2;3-7H,8-12H2,1-2H3;1-3,7-10H. The number of likely N-dealkylation sites (tertiary alicyclic amines) is 2. The smallest absolute Gasteiger partial charge is 0.410 e. The van der Waals surface area contributed by atoms with E-state index in [-0.39, 0.29) is 36.0 Å². The third-order valence-electron chi connectivity index (χ3n) is 9.59. The number of fused-ring (bicyclic) bond motifs is 1. The Hall–Kier alpha value is -6.34. The monoisotopic (exact) mass is 806 g/mol. The normalized spacial score (nSPS) is 15.8. The van der Waals surface area contributed by atoms with Crippen LogP contribution in [0.5, 0.6) is 23.0 Å². The van der Waals surface area contributed by atoms with Crippen molar-refractivity contribution in [3.8, 4) is 23.0 Å². The molecule has 0 unspecified atom stereocenters. The number of nitro groups is 1. The minimum Gasteiger partial charge on any atom is -0.504 e. The summed E-state index contributed by atoms with van der Waals surface area (Å²) < 4.78 is 33.2. The number of hydrogen-bond acceptors (Lipinski definition) is 15. The summed E-state index contributed by atoms with van der Waals surface area (Å²) in [6.07, 6.45) is 1.56. The van der Waals surface area contributed by atoms with Gasteiger partial charge in [-0.2, -0.15) is 0 Å². The molecule has 18 nitrogen and oxygen atoms in total. The molecule has 2 fully saturated rings. The van der Waals surface area contributed by atoms with Crippen molar-refractivity contribution in [2.45, 2.75) is 50.5 Å². The van der Waals surface area contributed by atoms with Gasteiger partial charge in [0, 0.05) is 78.2 Å². The molecule has 3 aliphatic heterocycles. The molecule has 0 bridgehead atoms. The van der Waals surface area contributed by atoms with Gasteiger partial charge in [-0.05, 0) is 29.3 Å². The second-order valence-electron chi connectivity index (χ2n) is 13.3. The number of piperidine rings is 2. The number of aromatic hydroxyl groups is 2. The molecule has 0 aromatic heterocycles. The van der Waals surface area contributed by atoms with Gasteiger partial charge in [0.15, 0.2) is 28.8 Å². The molecule has 58 heavy (non-hydrogen) atoms. The van der Waals surface area contributed by atoms with Crippen molar-refractivity contribution < 1.29 is 63.4 Å². The fourth-order valence-corrected chi connectivity index (χ4v) is 6.21. The summed E-state index contributed by atoms with van der Waals surface area (Å²) in [4.78, 5) is 41.6. The van der Waals surface area contributed by atoms with Crippen molar-refractivity contribution in [1.29, 1.82) is 0 Å². The number of anilines is 1. The molecular weight excluding hydrogens is 760 g/mol. The van der Waals surface area contributed by atoms with Crippen LogP contribution in [0, 0.1) is 10.1 Å². The summed E-state index contributed by atoms with van der Waals surface area (Å²) in [6.45, 7) is 2.53. The summed E-state index contributed by atoms with van der Waals surface area (Å²) in [5.41, 5.74) is 4.27. The van der Waals surface area contributed by atoms with Crippen molar-refractivity contribution in [3.05, 3.63) is 118 Å². The van der Waals surface area contributed by atoms with Crippen LogP contribution in [-0.2, 0) is 37.1 Å². The molecule has 0 saturated carbocycles. The van der Waals surface area contributed by atoms with Crippen LogP contribution in [-0.4, -0.2) is 94.4 Å². The van der Waals surface area contributed by atoms with Crippen LogP contribution in [0.15, 0.2) is 97.1 Å². The number of benzene rings is 4. The Kier molecular flexibility index (Phi) is 14.9. The predicted molar refractivity (Wildman–Crippen MR) is 206 cm³/mol. The molecular formula is C40H46N4O14. The zero-order valence-corrected chi connectivity index (χ0v) is 32.0. The van der Waals surface area contributed by atoms with Crippen molar-refractivity contribution in [2.24, 2.45) is 0 Å². The highest BCUT2D eigenvalue weighted by Crippen LogP contribution is 2.45. The fraction of sp³-hybridized carbons (Fsp3) is 0.350. The van der Waals surface area contributed by atoms with Crippen molar-refractivity contribution in [2.75, 3.05) is 45.9 Å². The van der Waals surface area contributed by atoms with E-state index in [0.29, 0.717) is 75.7 Å². The molecule has 4 aromatic rings. The Morgan fingerprint density at radius 3 is 1.72 bits per heavy atom. The topological polar surface area (TPSA) is 221 Å². The number of ether oxygens (including phenoxy) is 6. The van der Waals surface area contributed by atoms with Crippen LogP contribution >= 0.6 is 0 Å². The van der Waals surface area contributed by atoms with E-state index in [1.54, 1.807) is 30.1 Å². The lowest BCUT2D eigenvalue weighted by molar-refractivity contribution is -0.384. The molecule has 2 saturated heterocycles. The number of non-ortho nitro benzene ring substituents is 1. The van der Waals surface area contributed by atoms with Gasteiger partial charge in [-0.25, -0.2) is 20.3 Å². The van der Waals surface area contributed by atoms with Gasteiger partial charge in [-0.15, -0.1) is 4.99 Å². The van der Waals surface area contributed by atoms with Crippen LogP contribution in [0.2, 0.25) is 0 Å². The predicted octanol–water partition coefficient (Wildman–Crippen LogP) is 6.82. The third-order valence-corrected chi connectivity index (χ3v) is 9.59. The minimum atomic E-state index is -0.881. The maximum absolute atomic E-state index is 12.3. The number of amides is 2. The molecule has 2 amide bonds. The molecule has 0 aliphatic carbocycles.